The molecule has 2 N–H and O–H groups in total. The van der Waals surface area contributed by atoms with Crippen LogP contribution >= 0.6 is 0 Å². The average Bonchev–Trinajstić information content (AvgIpc) is 3.15. The van der Waals surface area contributed by atoms with Gasteiger partial charge in [0.05, 0.1) is 17.4 Å². The third-order valence-corrected chi connectivity index (χ3v) is 5.62. The van der Waals surface area contributed by atoms with Crippen molar-refractivity contribution in [2.24, 2.45) is 0 Å². The number of sulfonamides is 1. The molecule has 1 fully saturated rings. The number of carbonyl (C=O) groups excluding carboxylic acids is 1. The first-order chi connectivity index (χ1) is 12.5. The lowest BCUT2D eigenvalue weighted by Gasteiger charge is -2.12. The number of carbonyl (C=O) groups is 1. The Labute approximate surface area is 153 Å². The minimum atomic E-state index is -3.58. The van der Waals surface area contributed by atoms with E-state index in [9.17, 15) is 13.2 Å². The molecule has 0 spiro atoms. The summed E-state index contributed by atoms with van der Waals surface area (Å²) in [6, 6.07) is 15.6. The first-order valence-electron chi connectivity index (χ1n) is 8.58. The predicted octanol–water partition coefficient (Wildman–Crippen LogP) is 2.33. The highest BCUT2D eigenvalue weighted by Crippen LogP contribution is 2.16. The van der Waals surface area contributed by atoms with E-state index in [1.165, 1.54) is 12.1 Å². The summed E-state index contributed by atoms with van der Waals surface area (Å²) in [5, 5.41) is 2.77. The van der Waals surface area contributed by atoms with E-state index in [0.717, 1.165) is 18.4 Å². The fourth-order valence-corrected chi connectivity index (χ4v) is 3.86. The molecule has 3 rings (SSSR count). The molecule has 138 valence electrons. The highest BCUT2D eigenvalue weighted by atomic mass is 32.2. The average molecular weight is 374 g/mol. The Hall–Kier alpha value is -2.22. The molecule has 0 aromatic heterocycles. The Morgan fingerprint density at radius 2 is 1.81 bits per heavy atom. The Morgan fingerprint density at radius 1 is 1.08 bits per heavy atom. The summed E-state index contributed by atoms with van der Waals surface area (Å²) in [7, 11) is -3.58. The summed E-state index contributed by atoms with van der Waals surface area (Å²) in [4.78, 5) is 12.2. The molecule has 1 heterocycles. The Balaban J connectivity index is 1.56. The predicted molar refractivity (Wildman–Crippen MR) is 99.4 cm³/mol. The van der Waals surface area contributed by atoms with E-state index >= 15 is 0 Å². The number of ether oxygens (including phenoxy) is 1. The van der Waals surface area contributed by atoms with Crippen LogP contribution in [0.3, 0.4) is 0 Å². The van der Waals surface area contributed by atoms with Crippen LogP contribution < -0.4 is 10.0 Å². The second-order valence-electron chi connectivity index (χ2n) is 6.22. The van der Waals surface area contributed by atoms with Crippen molar-refractivity contribution in [3.63, 3.8) is 0 Å². The van der Waals surface area contributed by atoms with Crippen LogP contribution in [0.15, 0.2) is 59.5 Å². The van der Waals surface area contributed by atoms with E-state index in [2.05, 4.69) is 10.0 Å². The summed E-state index contributed by atoms with van der Waals surface area (Å²) in [5.74, 6) is -0.150. The minimum absolute atomic E-state index is 0.0543. The van der Waals surface area contributed by atoms with Crippen molar-refractivity contribution >= 4 is 21.6 Å². The van der Waals surface area contributed by atoms with Crippen LogP contribution in [-0.2, 0) is 26.0 Å². The summed E-state index contributed by atoms with van der Waals surface area (Å²) in [6.07, 6.45) is 2.05. The van der Waals surface area contributed by atoms with E-state index in [-0.39, 0.29) is 29.9 Å². The van der Waals surface area contributed by atoms with Gasteiger partial charge >= 0.3 is 0 Å². The maximum Gasteiger partial charge on any atom is 0.240 e. The molecule has 2 aromatic carbocycles. The largest absolute Gasteiger partial charge is 0.377 e. The van der Waals surface area contributed by atoms with Gasteiger partial charge in [0.2, 0.25) is 15.9 Å². The first kappa shape index (κ1) is 18.6. The zero-order chi connectivity index (χ0) is 18.4. The standard InChI is InChI=1S/C19H22N2O4S/c22-19(13-15-5-2-1-3-6-15)21-16-8-10-18(11-9-16)26(23,24)20-14-17-7-4-12-25-17/h1-3,5-6,8-11,17,20H,4,7,12-14H2,(H,21,22)/t17-/m0/s1. The van der Waals surface area contributed by atoms with Gasteiger partial charge in [0.15, 0.2) is 0 Å². The molecule has 0 unspecified atom stereocenters. The topological polar surface area (TPSA) is 84.5 Å². The smallest absolute Gasteiger partial charge is 0.240 e. The molecule has 0 aliphatic carbocycles. The van der Waals surface area contributed by atoms with E-state index in [0.29, 0.717) is 12.3 Å². The third-order valence-electron chi connectivity index (χ3n) is 4.18. The number of hydrogen-bond donors (Lipinski definition) is 2. The molecule has 1 aliphatic rings. The second kappa shape index (κ2) is 8.44. The van der Waals surface area contributed by atoms with Crippen LogP contribution in [0.4, 0.5) is 5.69 Å². The fourth-order valence-electron chi connectivity index (χ4n) is 2.80. The summed E-state index contributed by atoms with van der Waals surface area (Å²) in [6.45, 7) is 0.960. The molecule has 1 aliphatic heterocycles. The zero-order valence-corrected chi connectivity index (χ0v) is 15.2. The van der Waals surface area contributed by atoms with Gasteiger partial charge in [-0.25, -0.2) is 13.1 Å². The van der Waals surface area contributed by atoms with Crippen molar-refractivity contribution in [3.05, 3.63) is 60.2 Å². The van der Waals surface area contributed by atoms with Crippen LogP contribution in [0.1, 0.15) is 18.4 Å². The Morgan fingerprint density at radius 3 is 2.46 bits per heavy atom. The quantitative estimate of drug-likeness (QED) is 0.779. The molecule has 1 atom stereocenters. The van der Waals surface area contributed by atoms with Crippen LogP contribution in [0.25, 0.3) is 0 Å². The molecule has 0 saturated carbocycles. The van der Waals surface area contributed by atoms with Crippen molar-refractivity contribution in [2.75, 3.05) is 18.5 Å². The number of amides is 1. The maximum atomic E-state index is 12.3. The van der Waals surface area contributed by atoms with E-state index < -0.39 is 10.0 Å². The van der Waals surface area contributed by atoms with Gasteiger partial charge in [-0.3, -0.25) is 4.79 Å². The molecule has 7 heteroatoms. The van der Waals surface area contributed by atoms with E-state index in [1.807, 2.05) is 30.3 Å². The highest BCUT2D eigenvalue weighted by molar-refractivity contribution is 7.89. The van der Waals surface area contributed by atoms with Crippen molar-refractivity contribution in [1.82, 2.24) is 4.72 Å². The van der Waals surface area contributed by atoms with E-state index in [4.69, 9.17) is 4.74 Å². The summed E-state index contributed by atoms with van der Waals surface area (Å²) in [5.41, 5.74) is 1.48. The van der Waals surface area contributed by atoms with Gasteiger partial charge in [-0.15, -0.1) is 0 Å². The maximum absolute atomic E-state index is 12.3. The number of nitrogens with one attached hydrogen (secondary N) is 2. The van der Waals surface area contributed by atoms with Crippen LogP contribution in [-0.4, -0.2) is 33.6 Å². The molecule has 0 radical (unpaired) electrons. The van der Waals surface area contributed by atoms with Crippen molar-refractivity contribution in [2.45, 2.75) is 30.3 Å². The van der Waals surface area contributed by atoms with Gasteiger partial charge in [0, 0.05) is 18.8 Å². The van der Waals surface area contributed by atoms with Crippen LogP contribution in [0, 0.1) is 0 Å². The third kappa shape index (κ3) is 5.14. The van der Waals surface area contributed by atoms with Gasteiger partial charge < -0.3 is 10.1 Å². The van der Waals surface area contributed by atoms with Gasteiger partial charge in [0.1, 0.15) is 0 Å². The van der Waals surface area contributed by atoms with Gasteiger partial charge in [-0.1, -0.05) is 30.3 Å². The number of anilines is 1. The van der Waals surface area contributed by atoms with E-state index in [1.54, 1.807) is 12.1 Å². The monoisotopic (exact) mass is 374 g/mol. The fraction of sp³-hybridized carbons (Fsp3) is 0.316. The SMILES string of the molecule is O=C(Cc1ccccc1)Nc1ccc(S(=O)(=O)NC[C@@H]2CCCO2)cc1. The number of rotatable bonds is 7. The van der Waals surface area contributed by atoms with Crippen molar-refractivity contribution < 1.29 is 17.9 Å². The molecular formula is C19H22N2O4S. The highest BCUT2D eigenvalue weighted by Gasteiger charge is 2.20. The first-order valence-corrected chi connectivity index (χ1v) is 10.1. The normalized spacial score (nSPS) is 17.2. The van der Waals surface area contributed by atoms with Crippen LogP contribution in [0.5, 0.6) is 0 Å². The molecule has 26 heavy (non-hydrogen) atoms. The van der Waals surface area contributed by atoms with Gasteiger partial charge in [0.25, 0.3) is 0 Å². The molecule has 1 saturated heterocycles. The minimum Gasteiger partial charge on any atom is -0.377 e. The molecule has 6 nitrogen and oxygen atoms in total. The summed E-state index contributed by atoms with van der Waals surface area (Å²) < 4.78 is 32.6. The van der Waals surface area contributed by atoms with Gasteiger partial charge in [-0.2, -0.15) is 0 Å². The molecular weight excluding hydrogens is 352 g/mol. The lowest BCUT2D eigenvalue weighted by Crippen LogP contribution is -2.31. The number of benzene rings is 2. The second-order valence-corrected chi connectivity index (χ2v) is 7.99. The lowest BCUT2D eigenvalue weighted by molar-refractivity contribution is -0.115. The summed E-state index contributed by atoms with van der Waals surface area (Å²) >= 11 is 0. The lowest BCUT2D eigenvalue weighted by atomic mass is 10.1. The zero-order valence-electron chi connectivity index (χ0n) is 14.4. The molecule has 2 aromatic rings. The Kier molecular flexibility index (Phi) is 6.03. The van der Waals surface area contributed by atoms with Crippen molar-refractivity contribution in [1.29, 1.82) is 0 Å². The molecule has 0 bridgehead atoms. The Bertz CT molecular complexity index is 830. The van der Waals surface area contributed by atoms with Crippen LogP contribution in [0.2, 0.25) is 0 Å². The van der Waals surface area contributed by atoms with Gasteiger partial charge in [-0.05, 0) is 42.7 Å². The van der Waals surface area contributed by atoms with Crippen molar-refractivity contribution in [3.8, 4) is 0 Å². The molecule has 1 amide bonds. The number of hydrogen-bond acceptors (Lipinski definition) is 4.